The topological polar surface area (TPSA) is 95.7 Å². The number of imidazole rings is 1. The van der Waals surface area contributed by atoms with Gasteiger partial charge in [-0.05, 0) is 17.7 Å². The van der Waals surface area contributed by atoms with Crippen molar-refractivity contribution in [1.82, 2.24) is 14.5 Å². The van der Waals surface area contributed by atoms with Crippen molar-refractivity contribution < 1.29 is 19.8 Å². The van der Waals surface area contributed by atoms with Gasteiger partial charge >= 0.3 is 12.2 Å². The molecule has 8 heteroatoms. The van der Waals surface area contributed by atoms with E-state index in [9.17, 15) is 19.8 Å². The maximum absolute atomic E-state index is 11.5. The van der Waals surface area contributed by atoms with Gasteiger partial charge in [-0.2, -0.15) is 0 Å². The first-order chi connectivity index (χ1) is 10.5. The molecule has 1 aliphatic rings. The highest BCUT2D eigenvalue weighted by atomic mass is 79.9. The molecule has 1 aromatic heterocycles. The highest BCUT2D eigenvalue weighted by Crippen LogP contribution is 2.34. The van der Waals surface area contributed by atoms with E-state index in [4.69, 9.17) is 0 Å². The first-order valence-corrected chi connectivity index (χ1v) is 7.32. The SMILES string of the molecule is O=C(O)N1CCc2c(ncn2C(=O)O)C1c1ccc(Br)cc1. The second kappa shape index (κ2) is 5.45. The molecule has 1 aromatic carbocycles. The number of halogens is 1. The van der Waals surface area contributed by atoms with Gasteiger partial charge < -0.3 is 10.2 Å². The fourth-order valence-corrected chi connectivity index (χ4v) is 2.99. The molecule has 0 radical (unpaired) electrons. The molecule has 3 rings (SSSR count). The lowest BCUT2D eigenvalue weighted by Crippen LogP contribution is -2.40. The largest absolute Gasteiger partial charge is 0.465 e. The molecule has 7 nitrogen and oxygen atoms in total. The van der Waals surface area contributed by atoms with Crippen molar-refractivity contribution in [2.75, 3.05) is 6.54 Å². The molecule has 2 aromatic rings. The van der Waals surface area contributed by atoms with Crippen LogP contribution in [-0.2, 0) is 6.42 Å². The number of nitrogens with zero attached hydrogens (tertiary/aromatic N) is 3. The van der Waals surface area contributed by atoms with Gasteiger partial charge in [-0.25, -0.2) is 19.1 Å². The summed E-state index contributed by atoms with van der Waals surface area (Å²) < 4.78 is 1.94. The zero-order valence-electron chi connectivity index (χ0n) is 11.3. The number of amides is 1. The Morgan fingerprint density at radius 1 is 1.18 bits per heavy atom. The molecule has 0 spiro atoms. The van der Waals surface area contributed by atoms with E-state index in [0.717, 1.165) is 14.6 Å². The van der Waals surface area contributed by atoms with E-state index < -0.39 is 18.2 Å². The van der Waals surface area contributed by atoms with Crippen LogP contribution in [0.3, 0.4) is 0 Å². The van der Waals surface area contributed by atoms with E-state index in [2.05, 4.69) is 20.9 Å². The van der Waals surface area contributed by atoms with E-state index in [1.165, 1.54) is 11.2 Å². The molecule has 1 unspecified atom stereocenters. The zero-order valence-corrected chi connectivity index (χ0v) is 12.9. The molecule has 2 N–H and O–H groups in total. The minimum atomic E-state index is -1.12. The van der Waals surface area contributed by atoms with Gasteiger partial charge in [0.15, 0.2) is 0 Å². The lowest BCUT2D eigenvalue weighted by atomic mass is 9.96. The van der Waals surface area contributed by atoms with Gasteiger partial charge in [-0.1, -0.05) is 28.1 Å². The van der Waals surface area contributed by atoms with E-state index in [0.29, 0.717) is 17.8 Å². The molecular formula is C14H12BrN3O4. The van der Waals surface area contributed by atoms with Crippen molar-refractivity contribution in [1.29, 1.82) is 0 Å². The van der Waals surface area contributed by atoms with E-state index in [-0.39, 0.29) is 6.54 Å². The Morgan fingerprint density at radius 2 is 1.86 bits per heavy atom. The standard InChI is InChI=1S/C14H12BrN3O4/c15-9-3-1-8(2-4-9)12-11-10(5-6-17(12)13(19)20)18(7-16-11)14(21)22/h1-4,7,12H,5-6H2,(H,19,20)(H,21,22). The van der Waals surface area contributed by atoms with Crippen LogP contribution in [0.25, 0.3) is 0 Å². The summed E-state index contributed by atoms with van der Waals surface area (Å²) in [6.07, 6.45) is -0.624. The number of fused-ring (bicyclic) bond motifs is 1. The Hall–Kier alpha value is -2.35. The number of carbonyl (C=O) groups is 2. The Morgan fingerprint density at radius 3 is 2.45 bits per heavy atom. The monoisotopic (exact) mass is 365 g/mol. The van der Waals surface area contributed by atoms with Gasteiger partial charge in [0.2, 0.25) is 0 Å². The third kappa shape index (κ3) is 2.35. The van der Waals surface area contributed by atoms with Crippen molar-refractivity contribution in [3.8, 4) is 0 Å². The normalized spacial score (nSPS) is 17.1. The van der Waals surface area contributed by atoms with Gasteiger partial charge in [-0.15, -0.1) is 0 Å². The lowest BCUT2D eigenvalue weighted by Gasteiger charge is -2.33. The van der Waals surface area contributed by atoms with Crippen molar-refractivity contribution in [2.45, 2.75) is 12.5 Å². The summed E-state index contributed by atoms with van der Waals surface area (Å²) in [6.45, 7) is 0.224. The molecule has 0 fully saturated rings. The van der Waals surface area contributed by atoms with Crippen LogP contribution in [0.4, 0.5) is 9.59 Å². The Balaban J connectivity index is 2.13. The number of hydrogen-bond acceptors (Lipinski definition) is 3. The minimum Gasteiger partial charge on any atom is -0.465 e. The van der Waals surface area contributed by atoms with E-state index in [1.807, 2.05) is 12.1 Å². The van der Waals surface area contributed by atoms with Crippen LogP contribution in [0.5, 0.6) is 0 Å². The van der Waals surface area contributed by atoms with Crippen LogP contribution in [0.1, 0.15) is 23.0 Å². The molecule has 0 bridgehead atoms. The maximum atomic E-state index is 11.5. The molecule has 0 aliphatic carbocycles. The molecule has 114 valence electrons. The van der Waals surface area contributed by atoms with Crippen molar-refractivity contribution >= 4 is 28.1 Å². The average molecular weight is 366 g/mol. The third-order valence-electron chi connectivity index (χ3n) is 3.70. The molecule has 0 saturated heterocycles. The predicted molar refractivity (Wildman–Crippen MR) is 80.1 cm³/mol. The van der Waals surface area contributed by atoms with Gasteiger partial charge in [0.05, 0.1) is 11.4 Å². The fraction of sp³-hybridized carbons (Fsp3) is 0.214. The Kier molecular flexibility index (Phi) is 3.61. The van der Waals surface area contributed by atoms with Crippen molar-refractivity contribution in [2.24, 2.45) is 0 Å². The van der Waals surface area contributed by atoms with Crippen LogP contribution < -0.4 is 0 Å². The highest BCUT2D eigenvalue weighted by molar-refractivity contribution is 9.10. The molecule has 22 heavy (non-hydrogen) atoms. The first-order valence-electron chi connectivity index (χ1n) is 6.53. The number of aromatic nitrogens is 2. The molecule has 1 atom stereocenters. The molecule has 0 saturated carbocycles. The van der Waals surface area contributed by atoms with Gasteiger partial charge in [0, 0.05) is 17.4 Å². The molecule has 2 heterocycles. The first kappa shape index (κ1) is 14.6. The van der Waals surface area contributed by atoms with Crippen LogP contribution in [-0.4, -0.2) is 43.4 Å². The molecule has 1 amide bonds. The summed E-state index contributed by atoms with van der Waals surface area (Å²) in [5.74, 6) is 0. The van der Waals surface area contributed by atoms with Crippen LogP contribution in [0, 0.1) is 0 Å². The second-order valence-electron chi connectivity index (χ2n) is 4.91. The molecule has 1 aliphatic heterocycles. The van der Waals surface area contributed by atoms with Gasteiger partial charge in [0.1, 0.15) is 12.4 Å². The summed E-state index contributed by atoms with van der Waals surface area (Å²) in [4.78, 5) is 28.2. The summed E-state index contributed by atoms with van der Waals surface area (Å²) in [5, 5.41) is 18.6. The number of benzene rings is 1. The number of rotatable bonds is 1. The highest BCUT2D eigenvalue weighted by Gasteiger charge is 2.35. The minimum absolute atomic E-state index is 0.224. The second-order valence-corrected chi connectivity index (χ2v) is 5.82. The van der Waals surface area contributed by atoms with Gasteiger partial charge in [0.25, 0.3) is 0 Å². The smallest absolute Gasteiger partial charge is 0.417 e. The Bertz CT molecular complexity index is 741. The zero-order chi connectivity index (χ0) is 15.9. The quantitative estimate of drug-likeness (QED) is 0.809. The number of carboxylic acid groups (broad SMARTS) is 2. The Labute approximate surface area is 133 Å². The predicted octanol–water partition coefficient (Wildman–Crippen LogP) is 2.80. The van der Waals surface area contributed by atoms with Crippen LogP contribution >= 0.6 is 15.9 Å². The summed E-state index contributed by atoms with van der Waals surface area (Å²) in [7, 11) is 0. The summed E-state index contributed by atoms with van der Waals surface area (Å²) >= 11 is 3.34. The van der Waals surface area contributed by atoms with Crippen molar-refractivity contribution in [3.63, 3.8) is 0 Å². The van der Waals surface area contributed by atoms with Gasteiger partial charge in [-0.3, -0.25) is 4.90 Å². The van der Waals surface area contributed by atoms with Crippen LogP contribution in [0.15, 0.2) is 35.1 Å². The summed E-state index contributed by atoms with van der Waals surface area (Å²) in [6, 6.07) is 6.64. The lowest BCUT2D eigenvalue weighted by molar-refractivity contribution is 0.127. The van der Waals surface area contributed by atoms with E-state index >= 15 is 0 Å². The van der Waals surface area contributed by atoms with E-state index in [1.54, 1.807) is 12.1 Å². The maximum Gasteiger partial charge on any atom is 0.417 e. The summed E-state index contributed by atoms with van der Waals surface area (Å²) in [5.41, 5.74) is 1.76. The fourth-order valence-electron chi connectivity index (χ4n) is 2.72. The van der Waals surface area contributed by atoms with Crippen LogP contribution in [0.2, 0.25) is 0 Å². The average Bonchev–Trinajstić information content (AvgIpc) is 2.91. The van der Waals surface area contributed by atoms with Crippen molar-refractivity contribution in [3.05, 3.63) is 52.0 Å². The third-order valence-corrected chi connectivity index (χ3v) is 4.23. The molecular weight excluding hydrogens is 354 g/mol. The number of hydrogen-bond donors (Lipinski definition) is 2.